The molecule has 0 bridgehead atoms. The molecule has 2 saturated carbocycles. The highest BCUT2D eigenvalue weighted by Crippen LogP contribution is 2.49. The molecule has 1 nitrogen and oxygen atoms in total. The Labute approximate surface area is 81.5 Å². The predicted molar refractivity (Wildman–Crippen MR) is 54.5 cm³/mol. The molecule has 0 radical (unpaired) electrons. The van der Waals surface area contributed by atoms with Crippen LogP contribution in [0.5, 0.6) is 0 Å². The minimum atomic E-state index is 0.0343. The summed E-state index contributed by atoms with van der Waals surface area (Å²) in [6, 6.07) is 0. The average molecular weight is 182 g/mol. The van der Waals surface area contributed by atoms with Crippen LogP contribution < -0.4 is 0 Å². The van der Waals surface area contributed by atoms with Crippen molar-refractivity contribution in [2.75, 3.05) is 0 Å². The average Bonchev–Trinajstić information content (AvgIpc) is 2.68. The van der Waals surface area contributed by atoms with Gasteiger partial charge in [-0.25, -0.2) is 0 Å². The first kappa shape index (κ1) is 9.51. The molecule has 2 fully saturated rings. The van der Waals surface area contributed by atoms with Gasteiger partial charge < -0.3 is 5.11 Å². The Morgan fingerprint density at radius 1 is 1.31 bits per heavy atom. The lowest BCUT2D eigenvalue weighted by atomic mass is 9.94. The largest absolute Gasteiger partial charge is 0.393 e. The third kappa shape index (κ3) is 2.46. The molecule has 13 heavy (non-hydrogen) atoms. The first-order valence-electron chi connectivity index (χ1n) is 5.88. The molecule has 2 rings (SSSR count). The van der Waals surface area contributed by atoms with Crippen molar-refractivity contribution >= 4 is 0 Å². The molecule has 0 aromatic carbocycles. The molecule has 2 aliphatic carbocycles. The second-order valence-electron chi connectivity index (χ2n) is 5.46. The van der Waals surface area contributed by atoms with E-state index >= 15 is 0 Å². The molecule has 0 spiro atoms. The van der Waals surface area contributed by atoms with Crippen molar-refractivity contribution in [3.05, 3.63) is 0 Å². The third-order valence-corrected chi connectivity index (χ3v) is 4.08. The lowest BCUT2D eigenvalue weighted by Gasteiger charge is -2.15. The molecule has 0 unspecified atom stereocenters. The molecular formula is C12H22O. The van der Waals surface area contributed by atoms with Crippen molar-refractivity contribution in [2.45, 2.75) is 64.4 Å². The van der Waals surface area contributed by atoms with E-state index in [2.05, 4.69) is 6.92 Å². The van der Waals surface area contributed by atoms with E-state index in [4.69, 9.17) is 0 Å². The molecule has 0 saturated heterocycles. The van der Waals surface area contributed by atoms with Crippen LogP contribution in [0.2, 0.25) is 0 Å². The quantitative estimate of drug-likeness (QED) is 0.708. The summed E-state index contributed by atoms with van der Waals surface area (Å²) in [6.45, 7) is 2.40. The molecule has 2 aliphatic rings. The first-order valence-corrected chi connectivity index (χ1v) is 5.88. The van der Waals surface area contributed by atoms with E-state index in [0.717, 1.165) is 6.42 Å². The second-order valence-corrected chi connectivity index (χ2v) is 5.46. The van der Waals surface area contributed by atoms with Gasteiger partial charge in [-0.2, -0.15) is 0 Å². The maximum Gasteiger partial charge on any atom is 0.0568 e. The summed E-state index contributed by atoms with van der Waals surface area (Å²) in [4.78, 5) is 0. The number of hydrogen-bond donors (Lipinski definition) is 1. The predicted octanol–water partition coefficient (Wildman–Crippen LogP) is 3.12. The van der Waals surface area contributed by atoms with Gasteiger partial charge in [-0.05, 0) is 49.9 Å². The minimum Gasteiger partial charge on any atom is -0.393 e. The Balaban J connectivity index is 1.62. The van der Waals surface area contributed by atoms with Gasteiger partial charge >= 0.3 is 0 Å². The summed E-state index contributed by atoms with van der Waals surface area (Å²) in [5.74, 6) is 0.641. The lowest BCUT2D eigenvalue weighted by molar-refractivity contribution is 0.125. The highest BCUT2D eigenvalue weighted by atomic mass is 16.3. The molecule has 0 heterocycles. The molecule has 0 aliphatic heterocycles. The van der Waals surface area contributed by atoms with Crippen molar-refractivity contribution in [1.29, 1.82) is 0 Å². The first-order chi connectivity index (χ1) is 6.20. The van der Waals surface area contributed by atoms with Gasteiger partial charge in [-0.1, -0.05) is 19.8 Å². The van der Waals surface area contributed by atoms with E-state index in [1.54, 1.807) is 0 Å². The smallest absolute Gasteiger partial charge is 0.0568 e. The molecule has 0 aromatic rings. The summed E-state index contributed by atoms with van der Waals surface area (Å²) in [5.41, 5.74) is 0.712. The summed E-state index contributed by atoms with van der Waals surface area (Å²) in [7, 11) is 0. The summed E-state index contributed by atoms with van der Waals surface area (Å²) < 4.78 is 0. The van der Waals surface area contributed by atoms with Crippen molar-refractivity contribution in [1.82, 2.24) is 0 Å². The minimum absolute atomic E-state index is 0.0343. The second kappa shape index (κ2) is 3.61. The van der Waals surface area contributed by atoms with E-state index < -0.39 is 0 Å². The highest BCUT2D eigenvalue weighted by Gasteiger charge is 2.36. The summed E-state index contributed by atoms with van der Waals surface area (Å²) in [6.07, 6.45) is 10.5. The van der Waals surface area contributed by atoms with Crippen LogP contribution in [0.3, 0.4) is 0 Å². The zero-order chi connectivity index (χ0) is 9.31. The van der Waals surface area contributed by atoms with Crippen LogP contribution in [0, 0.1) is 11.3 Å². The van der Waals surface area contributed by atoms with Gasteiger partial charge in [0.1, 0.15) is 0 Å². The Hall–Kier alpha value is -0.0400. The Morgan fingerprint density at radius 3 is 2.62 bits per heavy atom. The zero-order valence-electron chi connectivity index (χ0n) is 8.76. The Bertz CT molecular complexity index is 172. The van der Waals surface area contributed by atoms with E-state index in [9.17, 15) is 5.11 Å². The third-order valence-electron chi connectivity index (χ3n) is 4.08. The fourth-order valence-electron chi connectivity index (χ4n) is 2.61. The fraction of sp³-hybridized carbons (Fsp3) is 1.00. The molecule has 0 aromatic heterocycles. The lowest BCUT2D eigenvalue weighted by Crippen LogP contribution is -2.13. The number of hydrogen-bond acceptors (Lipinski definition) is 1. The Morgan fingerprint density at radius 2 is 2.08 bits per heavy atom. The van der Waals surface area contributed by atoms with Gasteiger partial charge in [0.15, 0.2) is 0 Å². The van der Waals surface area contributed by atoms with Gasteiger partial charge in [-0.15, -0.1) is 0 Å². The number of aliphatic hydroxyl groups excluding tert-OH is 1. The van der Waals surface area contributed by atoms with E-state index in [1.165, 1.54) is 44.9 Å². The summed E-state index contributed by atoms with van der Waals surface area (Å²) >= 11 is 0. The van der Waals surface area contributed by atoms with Crippen molar-refractivity contribution in [2.24, 2.45) is 11.3 Å². The number of rotatable bonds is 4. The molecule has 76 valence electrons. The normalized spacial score (nSPS) is 36.5. The van der Waals surface area contributed by atoms with Crippen LogP contribution >= 0.6 is 0 Å². The van der Waals surface area contributed by atoms with Gasteiger partial charge in [0.05, 0.1) is 6.10 Å². The van der Waals surface area contributed by atoms with Gasteiger partial charge in [0.25, 0.3) is 0 Å². The Kier molecular flexibility index (Phi) is 2.64. The molecule has 0 amide bonds. The molecule has 2 atom stereocenters. The van der Waals surface area contributed by atoms with E-state index in [-0.39, 0.29) is 6.10 Å². The van der Waals surface area contributed by atoms with Gasteiger partial charge in [-0.3, -0.25) is 0 Å². The summed E-state index contributed by atoms with van der Waals surface area (Å²) in [5, 5.41) is 9.63. The standard InChI is InChI=1S/C12H22O/c1-12(8-9-12)7-3-5-10-4-2-6-11(10)13/h10-11,13H,2-9H2,1H3/t10-,11+/m0/s1. The van der Waals surface area contributed by atoms with Crippen molar-refractivity contribution < 1.29 is 5.11 Å². The van der Waals surface area contributed by atoms with Crippen molar-refractivity contribution in [3.8, 4) is 0 Å². The SMILES string of the molecule is CC1(CCC[C@@H]2CCC[C@H]2O)CC1. The van der Waals surface area contributed by atoms with Crippen LogP contribution in [-0.2, 0) is 0 Å². The molecule has 1 heteroatoms. The van der Waals surface area contributed by atoms with Crippen molar-refractivity contribution in [3.63, 3.8) is 0 Å². The van der Waals surface area contributed by atoms with Gasteiger partial charge in [0, 0.05) is 0 Å². The van der Waals surface area contributed by atoms with E-state index in [1.807, 2.05) is 0 Å². The molecular weight excluding hydrogens is 160 g/mol. The number of aliphatic hydroxyl groups is 1. The van der Waals surface area contributed by atoms with Crippen LogP contribution in [0.1, 0.15) is 58.3 Å². The highest BCUT2D eigenvalue weighted by molar-refractivity contribution is 4.88. The van der Waals surface area contributed by atoms with Crippen LogP contribution in [0.4, 0.5) is 0 Å². The maximum atomic E-state index is 9.63. The monoisotopic (exact) mass is 182 g/mol. The van der Waals surface area contributed by atoms with Gasteiger partial charge in [0.2, 0.25) is 0 Å². The van der Waals surface area contributed by atoms with Crippen LogP contribution in [-0.4, -0.2) is 11.2 Å². The van der Waals surface area contributed by atoms with Crippen LogP contribution in [0.25, 0.3) is 0 Å². The molecule has 1 N–H and O–H groups in total. The maximum absolute atomic E-state index is 9.63. The van der Waals surface area contributed by atoms with E-state index in [0.29, 0.717) is 11.3 Å². The fourth-order valence-corrected chi connectivity index (χ4v) is 2.61. The van der Waals surface area contributed by atoms with Crippen LogP contribution in [0.15, 0.2) is 0 Å². The topological polar surface area (TPSA) is 20.2 Å². The zero-order valence-corrected chi connectivity index (χ0v) is 8.76.